The zero-order valence-corrected chi connectivity index (χ0v) is 10.7. The molecule has 1 aliphatic heterocycles. The van der Waals surface area contributed by atoms with Crippen LogP contribution in [0.25, 0.3) is 0 Å². The van der Waals surface area contributed by atoms with E-state index in [9.17, 15) is 0 Å². The van der Waals surface area contributed by atoms with Gasteiger partial charge in [-0.1, -0.05) is 6.07 Å². The van der Waals surface area contributed by atoms with Gasteiger partial charge in [-0.15, -0.1) is 0 Å². The summed E-state index contributed by atoms with van der Waals surface area (Å²) in [7, 11) is 0. The molecule has 0 bridgehead atoms. The van der Waals surface area contributed by atoms with Gasteiger partial charge in [-0.25, -0.2) is 0 Å². The predicted octanol–water partition coefficient (Wildman–Crippen LogP) is 2.66. The summed E-state index contributed by atoms with van der Waals surface area (Å²) < 4.78 is 11.0. The number of hydrogen-bond acceptors (Lipinski definition) is 5. The number of hydrogen-bond donors (Lipinski definition) is 2. The summed E-state index contributed by atoms with van der Waals surface area (Å²) in [6, 6.07) is 12.8. The zero-order valence-electron chi connectivity index (χ0n) is 10.7. The highest BCUT2D eigenvalue weighted by molar-refractivity contribution is 5.77. The summed E-state index contributed by atoms with van der Waals surface area (Å²) in [5, 5.41) is 12.1. The Morgan fingerprint density at radius 2 is 1.85 bits per heavy atom. The van der Waals surface area contributed by atoms with Crippen LogP contribution in [0.3, 0.4) is 0 Å². The monoisotopic (exact) mass is 267 g/mol. The Bertz CT molecular complexity index is 692. The number of rotatable bonds is 2. The van der Waals surface area contributed by atoms with Crippen molar-refractivity contribution in [2.45, 2.75) is 0 Å². The maximum atomic E-state index is 8.90. The summed E-state index contributed by atoms with van der Waals surface area (Å²) in [5.74, 6) is 1.33. The Kier molecular flexibility index (Phi) is 3.05. The largest absolute Gasteiger partial charge is 0.486 e. The van der Waals surface area contributed by atoms with Crippen molar-refractivity contribution >= 4 is 17.1 Å². The van der Waals surface area contributed by atoms with Gasteiger partial charge in [0.05, 0.1) is 23.0 Å². The molecule has 1 heterocycles. The molecule has 0 atom stereocenters. The molecule has 0 unspecified atom stereocenters. The van der Waals surface area contributed by atoms with Crippen LogP contribution in [0.15, 0.2) is 36.4 Å². The van der Waals surface area contributed by atoms with Gasteiger partial charge in [-0.2, -0.15) is 5.26 Å². The van der Waals surface area contributed by atoms with Crippen LogP contribution in [-0.4, -0.2) is 13.2 Å². The summed E-state index contributed by atoms with van der Waals surface area (Å²) in [5.41, 5.74) is 8.68. The van der Waals surface area contributed by atoms with E-state index in [0.717, 1.165) is 11.4 Å². The molecular formula is C15H13N3O2. The maximum absolute atomic E-state index is 8.90. The second-order valence-corrected chi connectivity index (χ2v) is 4.40. The molecule has 0 saturated heterocycles. The molecular weight excluding hydrogens is 254 g/mol. The van der Waals surface area contributed by atoms with E-state index in [0.29, 0.717) is 36.0 Å². The fraction of sp³-hybridized carbons (Fsp3) is 0.133. The average Bonchev–Trinajstić information content (AvgIpc) is 2.48. The number of ether oxygens (including phenoxy) is 2. The number of nitrogens with zero attached hydrogens (tertiary/aromatic N) is 1. The van der Waals surface area contributed by atoms with Crippen LogP contribution in [0, 0.1) is 11.3 Å². The molecule has 3 rings (SSSR count). The Balaban J connectivity index is 1.92. The van der Waals surface area contributed by atoms with E-state index >= 15 is 0 Å². The minimum Gasteiger partial charge on any atom is -0.486 e. The van der Waals surface area contributed by atoms with Crippen molar-refractivity contribution in [3.63, 3.8) is 0 Å². The molecule has 20 heavy (non-hydrogen) atoms. The van der Waals surface area contributed by atoms with E-state index in [4.69, 9.17) is 20.5 Å². The SMILES string of the molecule is N#Cc1cccc(Nc2cc3c(cc2N)OCCO3)c1. The van der Waals surface area contributed by atoms with Crippen molar-refractivity contribution in [2.24, 2.45) is 0 Å². The molecule has 2 aromatic carbocycles. The molecule has 100 valence electrons. The van der Waals surface area contributed by atoms with Crippen molar-refractivity contribution in [3.8, 4) is 17.6 Å². The van der Waals surface area contributed by atoms with Gasteiger partial charge >= 0.3 is 0 Å². The Morgan fingerprint density at radius 3 is 2.60 bits per heavy atom. The highest BCUT2D eigenvalue weighted by Crippen LogP contribution is 2.38. The Labute approximate surface area is 116 Å². The van der Waals surface area contributed by atoms with Crippen LogP contribution in [0.4, 0.5) is 17.1 Å². The summed E-state index contributed by atoms with van der Waals surface area (Å²) >= 11 is 0. The molecule has 5 nitrogen and oxygen atoms in total. The first-order valence-electron chi connectivity index (χ1n) is 6.22. The highest BCUT2D eigenvalue weighted by atomic mass is 16.6. The molecule has 3 N–H and O–H groups in total. The van der Waals surface area contributed by atoms with Crippen molar-refractivity contribution in [3.05, 3.63) is 42.0 Å². The predicted molar refractivity (Wildman–Crippen MR) is 76.3 cm³/mol. The lowest BCUT2D eigenvalue weighted by Crippen LogP contribution is -2.15. The third-order valence-electron chi connectivity index (χ3n) is 2.99. The first-order chi connectivity index (χ1) is 9.76. The summed E-state index contributed by atoms with van der Waals surface area (Å²) in [4.78, 5) is 0. The summed E-state index contributed by atoms with van der Waals surface area (Å²) in [6.45, 7) is 1.06. The molecule has 0 amide bonds. The number of nitriles is 1. The number of nitrogens with two attached hydrogens (primary N) is 1. The van der Waals surface area contributed by atoms with Crippen molar-refractivity contribution in [1.82, 2.24) is 0 Å². The quantitative estimate of drug-likeness (QED) is 0.818. The minimum atomic E-state index is 0.528. The fourth-order valence-electron chi connectivity index (χ4n) is 2.03. The second-order valence-electron chi connectivity index (χ2n) is 4.40. The lowest BCUT2D eigenvalue weighted by Gasteiger charge is -2.20. The van der Waals surface area contributed by atoms with Crippen molar-refractivity contribution in [1.29, 1.82) is 5.26 Å². The topological polar surface area (TPSA) is 80.3 Å². The number of benzene rings is 2. The fourth-order valence-corrected chi connectivity index (χ4v) is 2.03. The van der Waals surface area contributed by atoms with Gasteiger partial charge in [-0.3, -0.25) is 0 Å². The number of nitrogens with one attached hydrogen (secondary N) is 1. The van der Waals surface area contributed by atoms with E-state index in [-0.39, 0.29) is 0 Å². The molecule has 0 aromatic heterocycles. The highest BCUT2D eigenvalue weighted by Gasteiger charge is 2.14. The van der Waals surface area contributed by atoms with Crippen molar-refractivity contribution < 1.29 is 9.47 Å². The van der Waals surface area contributed by atoms with Crippen LogP contribution in [-0.2, 0) is 0 Å². The lowest BCUT2D eigenvalue weighted by molar-refractivity contribution is 0.172. The average molecular weight is 267 g/mol. The standard InChI is InChI=1S/C15H13N3O2/c16-9-10-2-1-3-11(6-10)18-13-8-15-14(7-12(13)17)19-4-5-20-15/h1-3,6-8,18H,4-5,17H2. The molecule has 1 aliphatic rings. The van der Waals surface area contributed by atoms with Crippen LogP contribution < -0.4 is 20.5 Å². The van der Waals surface area contributed by atoms with Gasteiger partial charge in [0, 0.05) is 17.8 Å². The van der Waals surface area contributed by atoms with Gasteiger partial charge in [0.1, 0.15) is 13.2 Å². The van der Waals surface area contributed by atoms with E-state index < -0.39 is 0 Å². The van der Waals surface area contributed by atoms with Crippen LogP contribution in [0.2, 0.25) is 0 Å². The first-order valence-corrected chi connectivity index (χ1v) is 6.22. The third-order valence-corrected chi connectivity index (χ3v) is 2.99. The van der Waals surface area contributed by atoms with E-state index in [1.54, 1.807) is 18.2 Å². The molecule has 0 radical (unpaired) electrons. The van der Waals surface area contributed by atoms with Gasteiger partial charge in [0.15, 0.2) is 11.5 Å². The van der Waals surface area contributed by atoms with Crippen LogP contribution >= 0.6 is 0 Å². The van der Waals surface area contributed by atoms with E-state index in [1.807, 2.05) is 18.2 Å². The summed E-state index contributed by atoms with van der Waals surface area (Å²) in [6.07, 6.45) is 0. The first kappa shape index (κ1) is 12.2. The van der Waals surface area contributed by atoms with E-state index in [1.165, 1.54) is 0 Å². The van der Waals surface area contributed by atoms with Crippen LogP contribution in [0.5, 0.6) is 11.5 Å². The van der Waals surface area contributed by atoms with Crippen molar-refractivity contribution in [2.75, 3.05) is 24.3 Å². The molecule has 0 fully saturated rings. The van der Waals surface area contributed by atoms with Gasteiger partial charge in [0.2, 0.25) is 0 Å². The Hall–Kier alpha value is -2.87. The van der Waals surface area contributed by atoms with Gasteiger partial charge in [0.25, 0.3) is 0 Å². The lowest BCUT2D eigenvalue weighted by atomic mass is 10.2. The second kappa shape index (κ2) is 5.02. The molecule has 2 aromatic rings. The van der Waals surface area contributed by atoms with E-state index in [2.05, 4.69) is 11.4 Å². The normalized spacial score (nSPS) is 12.6. The number of anilines is 3. The number of nitrogen functional groups attached to an aromatic ring is 1. The Morgan fingerprint density at radius 1 is 1.10 bits per heavy atom. The maximum Gasteiger partial charge on any atom is 0.163 e. The number of fused-ring (bicyclic) bond motifs is 1. The molecule has 0 spiro atoms. The zero-order chi connectivity index (χ0) is 13.9. The molecule has 0 saturated carbocycles. The molecule has 5 heteroatoms. The van der Waals surface area contributed by atoms with Crippen LogP contribution in [0.1, 0.15) is 5.56 Å². The minimum absolute atomic E-state index is 0.528. The van der Waals surface area contributed by atoms with Gasteiger partial charge in [-0.05, 0) is 18.2 Å². The molecule has 0 aliphatic carbocycles. The smallest absolute Gasteiger partial charge is 0.163 e. The third kappa shape index (κ3) is 2.31. The van der Waals surface area contributed by atoms with Gasteiger partial charge < -0.3 is 20.5 Å².